The Balaban J connectivity index is 2.08. The minimum atomic E-state index is 0.551. The number of benzene rings is 2. The molecule has 0 aliphatic rings. The number of nitrogens with zero attached hydrogens (tertiary/aromatic N) is 2. The molecule has 0 saturated carbocycles. The highest BCUT2D eigenvalue weighted by atomic mass is 35.5. The lowest BCUT2D eigenvalue weighted by Crippen LogP contribution is -2.17. The van der Waals surface area contributed by atoms with Crippen molar-refractivity contribution < 1.29 is 4.74 Å². The van der Waals surface area contributed by atoms with Crippen molar-refractivity contribution in [3.8, 4) is 11.8 Å². The van der Waals surface area contributed by atoms with Gasteiger partial charge >= 0.3 is 0 Å². The summed E-state index contributed by atoms with van der Waals surface area (Å²) in [6.07, 6.45) is 0. The van der Waals surface area contributed by atoms with Crippen molar-refractivity contribution in [1.29, 1.82) is 5.26 Å². The summed E-state index contributed by atoms with van der Waals surface area (Å²) in [6.45, 7) is 1.52. The molecule has 0 unspecified atom stereocenters. The molecule has 4 heteroatoms. The maximum atomic E-state index is 8.99. The molecule has 0 aliphatic carbocycles. The van der Waals surface area contributed by atoms with Crippen molar-refractivity contribution in [3.63, 3.8) is 0 Å². The molecule has 0 atom stereocenters. The zero-order valence-electron chi connectivity index (χ0n) is 12.1. The van der Waals surface area contributed by atoms with Crippen molar-refractivity contribution in [2.75, 3.05) is 14.2 Å². The second kappa shape index (κ2) is 7.12. The molecule has 21 heavy (non-hydrogen) atoms. The summed E-state index contributed by atoms with van der Waals surface area (Å²) < 4.78 is 5.23. The molecule has 0 bridgehead atoms. The Morgan fingerprint density at radius 3 is 2.62 bits per heavy atom. The normalized spacial score (nSPS) is 10.4. The zero-order chi connectivity index (χ0) is 15.2. The summed E-state index contributed by atoms with van der Waals surface area (Å²) in [7, 11) is 3.61. The topological polar surface area (TPSA) is 36.3 Å². The first kappa shape index (κ1) is 15.4. The summed E-state index contributed by atoms with van der Waals surface area (Å²) in [5, 5.41) is 9.77. The van der Waals surface area contributed by atoms with Gasteiger partial charge in [-0.25, -0.2) is 0 Å². The van der Waals surface area contributed by atoms with Gasteiger partial charge < -0.3 is 4.74 Å². The lowest BCUT2D eigenvalue weighted by atomic mass is 10.1. The lowest BCUT2D eigenvalue weighted by Gasteiger charge is -2.18. The van der Waals surface area contributed by atoms with Gasteiger partial charge in [-0.05, 0) is 36.4 Å². The molecule has 0 aromatic heterocycles. The van der Waals surface area contributed by atoms with Crippen LogP contribution in [0.1, 0.15) is 16.7 Å². The minimum absolute atomic E-state index is 0.551. The van der Waals surface area contributed by atoms with Crippen LogP contribution >= 0.6 is 11.6 Å². The quantitative estimate of drug-likeness (QED) is 0.841. The van der Waals surface area contributed by atoms with Crippen LogP contribution in [-0.2, 0) is 13.1 Å². The minimum Gasteiger partial charge on any atom is -0.495 e. The molecule has 0 N–H and O–H groups in total. The van der Waals surface area contributed by atoms with Crippen LogP contribution in [0.15, 0.2) is 42.5 Å². The fourth-order valence-electron chi connectivity index (χ4n) is 2.21. The van der Waals surface area contributed by atoms with Gasteiger partial charge in [-0.15, -0.1) is 0 Å². The van der Waals surface area contributed by atoms with Crippen LogP contribution in [0.3, 0.4) is 0 Å². The van der Waals surface area contributed by atoms with Crippen LogP contribution < -0.4 is 4.74 Å². The first-order chi connectivity index (χ1) is 10.1. The number of methoxy groups -OCH3 is 1. The van der Waals surface area contributed by atoms with E-state index in [1.165, 1.54) is 0 Å². The van der Waals surface area contributed by atoms with Crippen molar-refractivity contribution >= 4 is 11.6 Å². The first-order valence-corrected chi connectivity index (χ1v) is 7.01. The number of ether oxygens (including phenoxy) is 1. The highest BCUT2D eigenvalue weighted by Crippen LogP contribution is 2.21. The average Bonchev–Trinajstić information content (AvgIpc) is 2.49. The van der Waals surface area contributed by atoms with Gasteiger partial charge in [0.05, 0.1) is 12.7 Å². The Hall–Kier alpha value is -2.02. The number of hydrogen-bond donors (Lipinski definition) is 0. The van der Waals surface area contributed by atoms with E-state index in [1.807, 2.05) is 43.4 Å². The molecule has 0 heterocycles. The Morgan fingerprint density at radius 1 is 1.19 bits per heavy atom. The summed E-state index contributed by atoms with van der Waals surface area (Å²) in [5.74, 6) is 0.612. The molecule has 0 aliphatic heterocycles. The summed E-state index contributed by atoms with van der Waals surface area (Å²) in [4.78, 5) is 2.17. The third-order valence-electron chi connectivity index (χ3n) is 3.24. The van der Waals surface area contributed by atoms with Gasteiger partial charge in [0.1, 0.15) is 11.8 Å². The lowest BCUT2D eigenvalue weighted by molar-refractivity contribution is 0.318. The number of halogens is 1. The van der Waals surface area contributed by atoms with E-state index in [4.69, 9.17) is 21.6 Å². The Morgan fingerprint density at radius 2 is 1.95 bits per heavy atom. The molecule has 2 aromatic carbocycles. The van der Waals surface area contributed by atoms with Gasteiger partial charge in [-0.2, -0.15) is 5.26 Å². The molecule has 3 nitrogen and oxygen atoms in total. The van der Waals surface area contributed by atoms with Gasteiger partial charge in [-0.1, -0.05) is 35.9 Å². The smallest absolute Gasteiger partial charge is 0.136 e. The van der Waals surface area contributed by atoms with Crippen molar-refractivity contribution in [1.82, 2.24) is 4.90 Å². The summed E-state index contributed by atoms with van der Waals surface area (Å²) in [5.41, 5.74) is 2.75. The molecular formula is C17H17ClN2O. The third-order valence-corrected chi connectivity index (χ3v) is 3.61. The van der Waals surface area contributed by atoms with Gasteiger partial charge in [0.25, 0.3) is 0 Å². The zero-order valence-corrected chi connectivity index (χ0v) is 12.9. The van der Waals surface area contributed by atoms with E-state index in [0.29, 0.717) is 11.3 Å². The first-order valence-electron chi connectivity index (χ1n) is 6.63. The van der Waals surface area contributed by atoms with Crippen LogP contribution in [0.5, 0.6) is 5.75 Å². The van der Waals surface area contributed by atoms with Gasteiger partial charge in [0, 0.05) is 18.1 Å². The highest BCUT2D eigenvalue weighted by molar-refractivity contribution is 6.31. The summed E-state index contributed by atoms with van der Waals surface area (Å²) >= 11 is 6.18. The van der Waals surface area contributed by atoms with Gasteiger partial charge in [-0.3, -0.25) is 4.90 Å². The Kier molecular flexibility index (Phi) is 5.21. The second-order valence-corrected chi connectivity index (χ2v) is 5.32. The standard InChI is InChI=1S/C17H17ClN2O/c1-20(12-15-5-3-4-6-16(15)18)11-13-7-8-14(10-19)17(9-13)21-2/h3-9H,11-12H2,1-2H3. The Bertz CT molecular complexity index is 664. The molecule has 0 amide bonds. The van der Waals surface area contributed by atoms with Crippen LogP contribution in [0.25, 0.3) is 0 Å². The molecule has 0 saturated heterocycles. The highest BCUT2D eigenvalue weighted by Gasteiger charge is 2.08. The predicted octanol–water partition coefficient (Wildman–Crippen LogP) is 3.85. The number of hydrogen-bond acceptors (Lipinski definition) is 3. The van der Waals surface area contributed by atoms with Crippen LogP contribution in [0.2, 0.25) is 5.02 Å². The average molecular weight is 301 g/mol. The second-order valence-electron chi connectivity index (χ2n) is 4.91. The van der Waals surface area contributed by atoms with E-state index in [9.17, 15) is 0 Å². The molecular weight excluding hydrogens is 284 g/mol. The van der Waals surface area contributed by atoms with E-state index in [1.54, 1.807) is 13.2 Å². The molecule has 2 rings (SSSR count). The van der Waals surface area contributed by atoms with Crippen molar-refractivity contribution in [3.05, 3.63) is 64.2 Å². The van der Waals surface area contributed by atoms with E-state index in [2.05, 4.69) is 11.0 Å². The fraction of sp³-hybridized carbons (Fsp3) is 0.235. The monoisotopic (exact) mass is 300 g/mol. The maximum absolute atomic E-state index is 8.99. The van der Waals surface area contributed by atoms with Crippen molar-refractivity contribution in [2.24, 2.45) is 0 Å². The van der Waals surface area contributed by atoms with Crippen LogP contribution in [0, 0.1) is 11.3 Å². The Labute approximate surface area is 130 Å². The van der Waals surface area contributed by atoms with Crippen LogP contribution in [0.4, 0.5) is 0 Å². The molecule has 0 radical (unpaired) electrons. The predicted molar refractivity (Wildman–Crippen MR) is 84.3 cm³/mol. The fourth-order valence-corrected chi connectivity index (χ4v) is 2.41. The van der Waals surface area contributed by atoms with Gasteiger partial charge in [0.15, 0.2) is 0 Å². The van der Waals surface area contributed by atoms with Gasteiger partial charge in [0.2, 0.25) is 0 Å². The third kappa shape index (κ3) is 3.98. The largest absolute Gasteiger partial charge is 0.495 e. The molecule has 108 valence electrons. The van der Waals surface area contributed by atoms with E-state index in [-0.39, 0.29) is 0 Å². The summed E-state index contributed by atoms with van der Waals surface area (Å²) in [6, 6.07) is 15.6. The number of rotatable bonds is 5. The number of nitriles is 1. The van der Waals surface area contributed by atoms with E-state index >= 15 is 0 Å². The SMILES string of the molecule is COc1cc(CN(C)Cc2ccccc2Cl)ccc1C#N. The van der Waals surface area contributed by atoms with Crippen molar-refractivity contribution in [2.45, 2.75) is 13.1 Å². The van der Waals surface area contributed by atoms with E-state index in [0.717, 1.165) is 29.2 Å². The molecule has 0 fully saturated rings. The van der Waals surface area contributed by atoms with E-state index < -0.39 is 0 Å². The van der Waals surface area contributed by atoms with Crippen LogP contribution in [-0.4, -0.2) is 19.1 Å². The maximum Gasteiger partial charge on any atom is 0.136 e. The molecule has 2 aromatic rings. The molecule has 0 spiro atoms.